The highest BCUT2D eigenvalue weighted by Gasteiger charge is 2.26. The van der Waals surface area contributed by atoms with Gasteiger partial charge in [0, 0.05) is 29.0 Å². The topological polar surface area (TPSA) is 29.3 Å². The fourth-order valence-electron chi connectivity index (χ4n) is 3.36. The molecular formula is C19H18BrFN2O. The van der Waals surface area contributed by atoms with E-state index in [4.69, 9.17) is 4.42 Å². The molecule has 3 aromatic rings. The molecule has 0 radical (unpaired) electrons. The maximum absolute atomic E-state index is 14.1. The first kappa shape index (κ1) is 15.8. The number of hydrogen-bond acceptors (Lipinski definition) is 3. The minimum atomic E-state index is -0.159. The summed E-state index contributed by atoms with van der Waals surface area (Å²) in [5, 5.41) is 0. The first-order chi connectivity index (χ1) is 11.7. The highest BCUT2D eigenvalue weighted by atomic mass is 79.9. The Bertz CT molecular complexity index is 830. The molecule has 1 unspecified atom stereocenters. The second kappa shape index (κ2) is 6.65. The summed E-state index contributed by atoms with van der Waals surface area (Å²) < 4.78 is 20.8. The number of benzene rings is 2. The molecule has 1 aromatic heterocycles. The van der Waals surface area contributed by atoms with E-state index in [1.54, 1.807) is 0 Å². The van der Waals surface area contributed by atoms with Gasteiger partial charge in [0.2, 0.25) is 0 Å². The number of nitrogens with zero attached hydrogens (tertiary/aromatic N) is 2. The third-order valence-electron chi connectivity index (χ3n) is 4.57. The predicted octanol–water partition coefficient (Wildman–Crippen LogP) is 5.11. The molecule has 0 saturated carbocycles. The average molecular weight is 389 g/mol. The van der Waals surface area contributed by atoms with Gasteiger partial charge in [0.1, 0.15) is 11.3 Å². The fourth-order valence-corrected chi connectivity index (χ4v) is 3.69. The molecule has 1 saturated heterocycles. The lowest BCUT2D eigenvalue weighted by Crippen LogP contribution is -2.34. The van der Waals surface area contributed by atoms with Crippen LogP contribution in [0.1, 0.15) is 30.2 Å². The molecule has 0 N–H and O–H groups in total. The lowest BCUT2D eigenvalue weighted by atomic mass is 9.97. The van der Waals surface area contributed by atoms with Crippen molar-refractivity contribution in [2.75, 3.05) is 13.1 Å². The van der Waals surface area contributed by atoms with Gasteiger partial charge in [0.05, 0.1) is 0 Å². The highest BCUT2D eigenvalue weighted by Crippen LogP contribution is 2.30. The van der Waals surface area contributed by atoms with Crippen LogP contribution in [0.3, 0.4) is 0 Å². The number of oxazole rings is 1. The van der Waals surface area contributed by atoms with Gasteiger partial charge in [-0.2, -0.15) is 0 Å². The maximum Gasteiger partial charge on any atom is 0.199 e. The molecule has 5 heteroatoms. The molecule has 2 aromatic carbocycles. The van der Waals surface area contributed by atoms with Crippen LogP contribution in [-0.4, -0.2) is 23.0 Å². The van der Waals surface area contributed by atoms with Crippen molar-refractivity contribution in [3.63, 3.8) is 0 Å². The highest BCUT2D eigenvalue weighted by molar-refractivity contribution is 9.10. The Morgan fingerprint density at radius 2 is 2.12 bits per heavy atom. The van der Waals surface area contributed by atoms with E-state index in [0.29, 0.717) is 6.54 Å². The summed E-state index contributed by atoms with van der Waals surface area (Å²) in [4.78, 5) is 6.92. The maximum atomic E-state index is 14.1. The summed E-state index contributed by atoms with van der Waals surface area (Å²) in [6.45, 7) is 2.45. The number of rotatable bonds is 3. The van der Waals surface area contributed by atoms with Crippen molar-refractivity contribution < 1.29 is 8.81 Å². The van der Waals surface area contributed by atoms with Gasteiger partial charge in [0.25, 0.3) is 0 Å². The molecule has 24 heavy (non-hydrogen) atoms. The third kappa shape index (κ3) is 3.23. The van der Waals surface area contributed by atoms with E-state index in [0.717, 1.165) is 53.0 Å². The molecule has 1 aliphatic heterocycles. The van der Waals surface area contributed by atoms with Gasteiger partial charge in [-0.25, -0.2) is 9.37 Å². The molecule has 1 atom stereocenters. The molecule has 0 bridgehead atoms. The van der Waals surface area contributed by atoms with Crippen molar-refractivity contribution in [1.82, 2.24) is 9.88 Å². The van der Waals surface area contributed by atoms with Crippen LogP contribution in [0.25, 0.3) is 11.1 Å². The van der Waals surface area contributed by atoms with Crippen LogP contribution < -0.4 is 0 Å². The Balaban J connectivity index is 1.51. The van der Waals surface area contributed by atoms with Gasteiger partial charge in [0.15, 0.2) is 11.5 Å². The van der Waals surface area contributed by atoms with Gasteiger partial charge in [-0.3, -0.25) is 4.90 Å². The van der Waals surface area contributed by atoms with Crippen LogP contribution in [-0.2, 0) is 6.54 Å². The zero-order chi connectivity index (χ0) is 16.5. The monoisotopic (exact) mass is 388 g/mol. The quantitative estimate of drug-likeness (QED) is 0.624. The summed E-state index contributed by atoms with van der Waals surface area (Å²) in [6.07, 6.45) is 2.13. The zero-order valence-corrected chi connectivity index (χ0v) is 14.8. The number of fused-ring (bicyclic) bond motifs is 1. The molecule has 124 valence electrons. The Kier molecular flexibility index (Phi) is 4.37. The standard InChI is InChI=1S/C19H18BrFN2O/c20-15-8-7-13(16(21)10-15)11-23-9-3-4-14(12-23)19-22-17-5-1-2-6-18(17)24-19/h1-2,5-8,10,14H,3-4,9,11-12H2. The number of aromatic nitrogens is 1. The summed E-state index contributed by atoms with van der Waals surface area (Å²) >= 11 is 3.30. The minimum Gasteiger partial charge on any atom is -0.440 e. The smallest absolute Gasteiger partial charge is 0.199 e. The van der Waals surface area contributed by atoms with E-state index >= 15 is 0 Å². The molecule has 3 nitrogen and oxygen atoms in total. The molecule has 1 fully saturated rings. The summed E-state index contributed by atoms with van der Waals surface area (Å²) in [5.41, 5.74) is 2.48. The Morgan fingerprint density at radius 1 is 1.25 bits per heavy atom. The van der Waals surface area contributed by atoms with Gasteiger partial charge < -0.3 is 4.42 Å². The Morgan fingerprint density at radius 3 is 2.96 bits per heavy atom. The van der Waals surface area contributed by atoms with Gasteiger partial charge >= 0.3 is 0 Å². The lowest BCUT2D eigenvalue weighted by molar-refractivity contribution is 0.185. The van der Waals surface area contributed by atoms with Gasteiger partial charge in [-0.05, 0) is 43.7 Å². The fraction of sp³-hybridized carbons (Fsp3) is 0.316. The number of likely N-dealkylation sites (tertiary alicyclic amines) is 1. The zero-order valence-electron chi connectivity index (χ0n) is 13.2. The van der Waals surface area contributed by atoms with Crippen molar-refractivity contribution in [3.05, 3.63) is 64.2 Å². The SMILES string of the molecule is Fc1cc(Br)ccc1CN1CCCC(c2nc3ccccc3o2)C1. The summed E-state index contributed by atoms with van der Waals surface area (Å²) in [5.74, 6) is 0.912. The van der Waals surface area contributed by atoms with Crippen LogP contribution in [0.4, 0.5) is 4.39 Å². The van der Waals surface area contributed by atoms with E-state index in [2.05, 4.69) is 25.8 Å². The normalized spacial score (nSPS) is 19.0. The van der Waals surface area contributed by atoms with Crippen LogP contribution in [0.2, 0.25) is 0 Å². The van der Waals surface area contributed by atoms with E-state index in [-0.39, 0.29) is 11.7 Å². The Labute approximate surface area is 148 Å². The molecule has 4 rings (SSSR count). The molecule has 1 aliphatic rings. The van der Waals surface area contributed by atoms with Gasteiger partial charge in [-0.1, -0.05) is 34.1 Å². The molecule has 2 heterocycles. The van der Waals surface area contributed by atoms with Crippen LogP contribution in [0.15, 0.2) is 51.4 Å². The van der Waals surface area contributed by atoms with E-state index < -0.39 is 0 Å². The van der Waals surface area contributed by atoms with E-state index in [9.17, 15) is 4.39 Å². The largest absolute Gasteiger partial charge is 0.440 e. The van der Waals surface area contributed by atoms with Crippen LogP contribution >= 0.6 is 15.9 Å². The first-order valence-corrected chi connectivity index (χ1v) is 9.00. The molecular weight excluding hydrogens is 371 g/mol. The van der Waals surface area contributed by atoms with Crippen molar-refractivity contribution in [2.45, 2.75) is 25.3 Å². The molecule has 0 amide bonds. The number of halogens is 2. The minimum absolute atomic E-state index is 0.159. The number of hydrogen-bond donors (Lipinski definition) is 0. The van der Waals surface area contributed by atoms with Crippen LogP contribution in [0.5, 0.6) is 0 Å². The lowest BCUT2D eigenvalue weighted by Gasteiger charge is -2.31. The van der Waals surface area contributed by atoms with Gasteiger partial charge in [-0.15, -0.1) is 0 Å². The molecule has 0 spiro atoms. The van der Waals surface area contributed by atoms with Crippen molar-refractivity contribution >= 4 is 27.0 Å². The van der Waals surface area contributed by atoms with Crippen LogP contribution in [0, 0.1) is 5.82 Å². The second-order valence-electron chi connectivity index (χ2n) is 6.33. The molecule has 0 aliphatic carbocycles. The number of piperidine rings is 1. The summed E-state index contributed by atoms with van der Waals surface area (Å²) in [7, 11) is 0. The average Bonchev–Trinajstić information content (AvgIpc) is 3.02. The van der Waals surface area contributed by atoms with Crippen molar-refractivity contribution in [3.8, 4) is 0 Å². The first-order valence-electron chi connectivity index (χ1n) is 8.21. The van der Waals surface area contributed by atoms with E-state index in [1.807, 2.05) is 36.4 Å². The van der Waals surface area contributed by atoms with Crippen molar-refractivity contribution in [1.29, 1.82) is 0 Å². The summed E-state index contributed by atoms with van der Waals surface area (Å²) in [6, 6.07) is 13.1. The predicted molar refractivity (Wildman–Crippen MR) is 95.4 cm³/mol. The Hall–Kier alpha value is -1.72. The second-order valence-corrected chi connectivity index (χ2v) is 7.25. The number of para-hydroxylation sites is 2. The van der Waals surface area contributed by atoms with E-state index in [1.165, 1.54) is 6.07 Å². The van der Waals surface area contributed by atoms with Crippen molar-refractivity contribution in [2.24, 2.45) is 0 Å². The third-order valence-corrected chi connectivity index (χ3v) is 5.07.